The van der Waals surface area contributed by atoms with Gasteiger partial charge in [-0.05, 0) is 30.4 Å². The third kappa shape index (κ3) is 5.44. The Kier molecular flexibility index (Phi) is 7.43. The van der Waals surface area contributed by atoms with Crippen molar-refractivity contribution < 1.29 is 14.4 Å². The first kappa shape index (κ1) is 23.0. The van der Waals surface area contributed by atoms with E-state index < -0.39 is 11.6 Å². The molecule has 2 fully saturated rings. The fourth-order valence-electron chi connectivity index (χ4n) is 5.12. The normalized spacial score (nSPS) is 18.2. The van der Waals surface area contributed by atoms with Crippen molar-refractivity contribution in [3.63, 3.8) is 0 Å². The molecule has 4 rings (SSSR count). The van der Waals surface area contributed by atoms with Gasteiger partial charge in [0.2, 0.25) is 5.91 Å². The lowest BCUT2D eigenvalue weighted by Gasteiger charge is -2.28. The number of benzene rings is 2. The summed E-state index contributed by atoms with van der Waals surface area (Å²) >= 11 is 0. The molecule has 2 aromatic rings. The van der Waals surface area contributed by atoms with Gasteiger partial charge in [0.15, 0.2) is 0 Å². The summed E-state index contributed by atoms with van der Waals surface area (Å²) in [7, 11) is 0. The van der Waals surface area contributed by atoms with Crippen molar-refractivity contribution in [3.05, 3.63) is 71.8 Å². The summed E-state index contributed by atoms with van der Waals surface area (Å²) in [5.74, 6) is -0.389. The van der Waals surface area contributed by atoms with Crippen molar-refractivity contribution in [1.82, 2.24) is 15.5 Å². The van der Waals surface area contributed by atoms with E-state index in [0.29, 0.717) is 19.4 Å². The molecule has 2 N–H and O–H groups in total. The number of amides is 4. The molecule has 4 amide bonds. The quantitative estimate of drug-likeness (QED) is 0.619. The van der Waals surface area contributed by atoms with Crippen molar-refractivity contribution in [3.8, 4) is 0 Å². The van der Waals surface area contributed by atoms with Crippen LogP contribution in [0.15, 0.2) is 60.7 Å². The topological polar surface area (TPSA) is 78.5 Å². The number of hydrogen-bond donors (Lipinski definition) is 2. The third-order valence-electron chi connectivity index (χ3n) is 6.91. The third-order valence-corrected chi connectivity index (χ3v) is 6.91. The second-order valence-electron chi connectivity index (χ2n) is 9.18. The average molecular weight is 448 g/mol. The minimum atomic E-state index is -0.816. The number of carbonyl (C=O) groups is 3. The summed E-state index contributed by atoms with van der Waals surface area (Å²) in [6, 6.07) is 20.0. The highest BCUT2D eigenvalue weighted by atomic mass is 16.2. The molecule has 1 aliphatic carbocycles. The van der Waals surface area contributed by atoms with Crippen LogP contribution in [0.4, 0.5) is 4.79 Å². The number of urea groups is 1. The first-order valence-electron chi connectivity index (χ1n) is 12.1. The number of carbonyl (C=O) groups excluding carboxylic acids is 3. The molecule has 6 heteroatoms. The van der Waals surface area contributed by atoms with E-state index in [4.69, 9.17) is 0 Å². The molecule has 0 atom stereocenters. The molecule has 2 aromatic carbocycles. The smallest absolute Gasteiger partial charge is 0.325 e. The van der Waals surface area contributed by atoms with Gasteiger partial charge in [-0.2, -0.15) is 0 Å². The Bertz CT molecular complexity index is 914. The Hall–Kier alpha value is -3.15. The van der Waals surface area contributed by atoms with Crippen molar-refractivity contribution in [2.75, 3.05) is 13.1 Å². The molecule has 33 heavy (non-hydrogen) atoms. The molecule has 1 aliphatic heterocycles. The molecule has 1 heterocycles. The molecule has 1 spiro atoms. The number of hydrogen-bond acceptors (Lipinski definition) is 3. The standard InChI is InChI=1S/C27H33N3O3/c31-24(20-30-25(32)27(29-26(30)33)17-10-2-1-3-11-18-27)28-19-16-23(21-12-6-4-7-13-21)22-14-8-5-9-15-22/h4-9,12-15,23H,1-3,10-11,16-20H2,(H,28,31)(H,29,33). The molecule has 0 radical (unpaired) electrons. The van der Waals surface area contributed by atoms with Gasteiger partial charge in [0.05, 0.1) is 0 Å². The maximum atomic E-state index is 13.1. The van der Waals surface area contributed by atoms with Gasteiger partial charge in [-0.25, -0.2) is 4.79 Å². The lowest BCUT2D eigenvalue weighted by molar-refractivity contribution is -0.135. The van der Waals surface area contributed by atoms with Crippen molar-refractivity contribution in [2.45, 2.75) is 62.8 Å². The number of nitrogens with one attached hydrogen (secondary N) is 2. The molecule has 1 saturated carbocycles. The van der Waals surface area contributed by atoms with Crippen LogP contribution in [0.5, 0.6) is 0 Å². The van der Waals surface area contributed by atoms with Crippen LogP contribution in [0.3, 0.4) is 0 Å². The largest absolute Gasteiger partial charge is 0.355 e. The molecule has 2 aliphatic rings. The Balaban J connectivity index is 1.35. The maximum Gasteiger partial charge on any atom is 0.325 e. The minimum absolute atomic E-state index is 0.155. The summed E-state index contributed by atoms with van der Waals surface area (Å²) in [4.78, 5) is 39.4. The van der Waals surface area contributed by atoms with E-state index in [1.54, 1.807) is 0 Å². The lowest BCUT2D eigenvalue weighted by Crippen LogP contribution is -2.48. The molecule has 174 valence electrons. The first-order chi connectivity index (χ1) is 16.1. The van der Waals surface area contributed by atoms with Gasteiger partial charge in [-0.1, -0.05) is 92.8 Å². The zero-order valence-electron chi connectivity index (χ0n) is 19.1. The van der Waals surface area contributed by atoms with Crippen LogP contribution in [0.2, 0.25) is 0 Å². The monoisotopic (exact) mass is 447 g/mol. The van der Waals surface area contributed by atoms with Crippen LogP contribution in [0.25, 0.3) is 0 Å². The van der Waals surface area contributed by atoms with Crippen LogP contribution < -0.4 is 10.6 Å². The SMILES string of the molecule is O=C(CN1C(=O)NC2(CCCCCCC2)C1=O)NCCC(c1ccccc1)c1ccccc1. The maximum absolute atomic E-state index is 13.1. The average Bonchev–Trinajstić information content (AvgIpc) is 3.05. The zero-order chi connectivity index (χ0) is 23.1. The highest BCUT2D eigenvalue weighted by Crippen LogP contribution is 2.32. The van der Waals surface area contributed by atoms with E-state index in [1.165, 1.54) is 17.5 Å². The molecular weight excluding hydrogens is 414 g/mol. The van der Waals surface area contributed by atoms with E-state index in [2.05, 4.69) is 34.9 Å². The van der Waals surface area contributed by atoms with Crippen molar-refractivity contribution in [2.24, 2.45) is 0 Å². The molecule has 0 unspecified atom stereocenters. The van der Waals surface area contributed by atoms with Gasteiger partial charge < -0.3 is 10.6 Å². The Morgan fingerprint density at radius 3 is 2.00 bits per heavy atom. The van der Waals surface area contributed by atoms with E-state index in [0.717, 1.165) is 37.0 Å². The Morgan fingerprint density at radius 2 is 1.42 bits per heavy atom. The molecule has 1 saturated heterocycles. The van der Waals surface area contributed by atoms with Crippen LogP contribution in [-0.2, 0) is 9.59 Å². The highest BCUT2D eigenvalue weighted by molar-refractivity contribution is 6.09. The zero-order valence-corrected chi connectivity index (χ0v) is 19.1. The first-order valence-corrected chi connectivity index (χ1v) is 12.1. The molecular formula is C27H33N3O3. The van der Waals surface area contributed by atoms with E-state index in [1.807, 2.05) is 36.4 Å². The predicted molar refractivity (Wildman–Crippen MR) is 128 cm³/mol. The summed E-state index contributed by atoms with van der Waals surface area (Å²) < 4.78 is 0. The predicted octanol–water partition coefficient (Wildman–Crippen LogP) is 4.36. The Labute approximate surface area is 195 Å². The van der Waals surface area contributed by atoms with Crippen LogP contribution >= 0.6 is 0 Å². The second-order valence-corrected chi connectivity index (χ2v) is 9.18. The van der Waals surface area contributed by atoms with Crippen LogP contribution in [0.1, 0.15) is 68.4 Å². The fourth-order valence-corrected chi connectivity index (χ4v) is 5.12. The van der Waals surface area contributed by atoms with Gasteiger partial charge in [-0.3, -0.25) is 14.5 Å². The Morgan fingerprint density at radius 1 is 0.879 bits per heavy atom. The van der Waals surface area contributed by atoms with Crippen LogP contribution in [-0.4, -0.2) is 41.4 Å². The van der Waals surface area contributed by atoms with Gasteiger partial charge in [0.1, 0.15) is 12.1 Å². The molecule has 6 nitrogen and oxygen atoms in total. The van der Waals surface area contributed by atoms with Gasteiger partial charge in [-0.15, -0.1) is 0 Å². The van der Waals surface area contributed by atoms with Crippen LogP contribution in [0, 0.1) is 0 Å². The summed E-state index contributed by atoms with van der Waals surface area (Å²) in [5.41, 5.74) is 1.57. The summed E-state index contributed by atoms with van der Waals surface area (Å²) in [6.07, 6.45) is 7.22. The van der Waals surface area contributed by atoms with Gasteiger partial charge >= 0.3 is 6.03 Å². The lowest BCUT2D eigenvalue weighted by atomic mass is 9.84. The van der Waals surface area contributed by atoms with Crippen molar-refractivity contribution in [1.29, 1.82) is 0 Å². The van der Waals surface area contributed by atoms with E-state index in [-0.39, 0.29) is 24.3 Å². The molecule has 0 aromatic heterocycles. The van der Waals surface area contributed by atoms with Gasteiger partial charge in [0, 0.05) is 12.5 Å². The minimum Gasteiger partial charge on any atom is -0.355 e. The summed E-state index contributed by atoms with van der Waals surface area (Å²) in [6.45, 7) is 0.232. The number of nitrogens with zero attached hydrogens (tertiary/aromatic N) is 1. The van der Waals surface area contributed by atoms with E-state index >= 15 is 0 Å². The van der Waals surface area contributed by atoms with Gasteiger partial charge in [0.25, 0.3) is 5.91 Å². The summed E-state index contributed by atoms with van der Waals surface area (Å²) in [5, 5.41) is 5.84. The number of imide groups is 1. The second kappa shape index (κ2) is 10.6. The molecule has 0 bridgehead atoms. The fraction of sp³-hybridized carbons (Fsp3) is 0.444. The van der Waals surface area contributed by atoms with E-state index in [9.17, 15) is 14.4 Å². The number of rotatable bonds is 7. The van der Waals surface area contributed by atoms with Crippen molar-refractivity contribution >= 4 is 17.8 Å². The highest BCUT2D eigenvalue weighted by Gasteiger charge is 2.50.